The fraction of sp³-hybridized carbons (Fsp3) is 0.188. The molecule has 3 rings (SSSR count). The summed E-state index contributed by atoms with van der Waals surface area (Å²) in [7, 11) is 1.71. The minimum Gasteiger partial charge on any atom is -0.364 e. The number of hydrogen-bond donors (Lipinski definition) is 2. The van der Waals surface area contributed by atoms with Crippen molar-refractivity contribution in [1.82, 2.24) is 4.90 Å². The van der Waals surface area contributed by atoms with E-state index in [1.807, 2.05) is 30.3 Å². The Bertz CT molecular complexity index is 690. The predicted molar refractivity (Wildman–Crippen MR) is 81.9 cm³/mol. The van der Waals surface area contributed by atoms with Gasteiger partial charge in [-0.1, -0.05) is 41.9 Å². The molecule has 108 valence electrons. The highest BCUT2D eigenvalue weighted by Crippen LogP contribution is 2.39. The van der Waals surface area contributed by atoms with Crippen LogP contribution < -0.4 is 5.32 Å². The highest BCUT2D eigenvalue weighted by molar-refractivity contribution is 6.31. The lowest BCUT2D eigenvalue weighted by Gasteiger charge is -2.32. The summed E-state index contributed by atoms with van der Waals surface area (Å²) >= 11 is 5.99. The van der Waals surface area contributed by atoms with Crippen molar-refractivity contribution in [2.24, 2.45) is 0 Å². The van der Waals surface area contributed by atoms with Gasteiger partial charge in [-0.25, -0.2) is 0 Å². The van der Waals surface area contributed by atoms with Crippen LogP contribution in [0.2, 0.25) is 5.02 Å². The topological polar surface area (TPSA) is 52.6 Å². The summed E-state index contributed by atoms with van der Waals surface area (Å²) in [5.74, 6) is -0.460. The second-order valence-electron chi connectivity index (χ2n) is 5.16. The Hall–Kier alpha value is -1.88. The van der Waals surface area contributed by atoms with Crippen molar-refractivity contribution in [2.45, 2.75) is 12.3 Å². The average Bonchev–Trinajstić information content (AvgIpc) is 2.73. The van der Waals surface area contributed by atoms with Crippen LogP contribution in [0.15, 0.2) is 48.5 Å². The van der Waals surface area contributed by atoms with Crippen LogP contribution in [-0.4, -0.2) is 23.0 Å². The number of likely N-dealkylation sites (N-methyl/N-ethyl adjacent to an activating group) is 1. The predicted octanol–water partition coefficient (Wildman–Crippen LogP) is 2.57. The smallest absolute Gasteiger partial charge is 0.276 e. The maximum atomic E-state index is 12.3. The van der Waals surface area contributed by atoms with Crippen molar-refractivity contribution in [2.75, 3.05) is 12.4 Å². The Balaban J connectivity index is 1.97. The second-order valence-corrected chi connectivity index (χ2v) is 5.59. The molecule has 0 saturated carbocycles. The van der Waals surface area contributed by atoms with E-state index in [9.17, 15) is 9.90 Å². The van der Waals surface area contributed by atoms with Gasteiger partial charge in [0, 0.05) is 22.8 Å². The minimum atomic E-state index is -1.71. The number of hydrogen-bond acceptors (Lipinski definition) is 3. The summed E-state index contributed by atoms with van der Waals surface area (Å²) in [4.78, 5) is 13.9. The third-order valence-corrected chi connectivity index (χ3v) is 3.97. The molecular weight excluding hydrogens is 288 g/mol. The van der Waals surface area contributed by atoms with Crippen LogP contribution in [0.4, 0.5) is 5.69 Å². The van der Waals surface area contributed by atoms with Crippen LogP contribution in [-0.2, 0) is 17.1 Å². The Kier molecular flexibility index (Phi) is 3.45. The summed E-state index contributed by atoms with van der Waals surface area (Å²) in [5.41, 5.74) is 0.373. The SMILES string of the molecule is CN(Cc1ccccc1)[C@]1(O)C(=O)Nc2ccc(Cl)cc21. The van der Waals surface area contributed by atoms with Crippen LogP contribution in [0.3, 0.4) is 0 Å². The molecular formula is C16H15ClN2O2. The first kappa shape index (κ1) is 14.1. The number of benzene rings is 2. The van der Waals surface area contributed by atoms with E-state index in [0.717, 1.165) is 5.56 Å². The van der Waals surface area contributed by atoms with E-state index < -0.39 is 11.6 Å². The van der Waals surface area contributed by atoms with Gasteiger partial charge in [0.15, 0.2) is 0 Å². The van der Waals surface area contributed by atoms with Gasteiger partial charge in [0.2, 0.25) is 5.72 Å². The van der Waals surface area contributed by atoms with Crippen molar-refractivity contribution in [1.29, 1.82) is 0 Å². The molecule has 0 fully saturated rings. The fourth-order valence-electron chi connectivity index (χ4n) is 2.60. The minimum absolute atomic E-state index is 0.441. The van der Waals surface area contributed by atoms with Gasteiger partial charge in [-0.3, -0.25) is 9.69 Å². The number of nitrogens with zero attached hydrogens (tertiary/aromatic N) is 1. The molecule has 0 radical (unpaired) electrons. The molecule has 0 unspecified atom stereocenters. The van der Waals surface area contributed by atoms with Gasteiger partial charge in [-0.15, -0.1) is 0 Å². The van der Waals surface area contributed by atoms with Crippen LogP contribution in [0, 0.1) is 0 Å². The maximum absolute atomic E-state index is 12.3. The third-order valence-electron chi connectivity index (χ3n) is 3.74. The Morgan fingerprint density at radius 1 is 1.24 bits per heavy atom. The lowest BCUT2D eigenvalue weighted by Crippen LogP contribution is -2.48. The normalized spacial score (nSPS) is 20.5. The molecule has 2 aromatic carbocycles. The summed E-state index contributed by atoms with van der Waals surface area (Å²) in [6, 6.07) is 14.7. The molecule has 1 amide bonds. The average molecular weight is 303 g/mol. The van der Waals surface area contributed by atoms with Crippen LogP contribution in [0.25, 0.3) is 0 Å². The van der Waals surface area contributed by atoms with Gasteiger partial charge >= 0.3 is 0 Å². The van der Waals surface area contributed by atoms with Crippen molar-refractivity contribution in [3.8, 4) is 0 Å². The molecule has 0 saturated heterocycles. The van der Waals surface area contributed by atoms with Crippen molar-refractivity contribution in [3.05, 3.63) is 64.7 Å². The van der Waals surface area contributed by atoms with Gasteiger partial charge in [0.1, 0.15) is 0 Å². The van der Waals surface area contributed by atoms with Crippen molar-refractivity contribution >= 4 is 23.2 Å². The van der Waals surface area contributed by atoms with Gasteiger partial charge in [-0.2, -0.15) is 0 Å². The molecule has 2 aromatic rings. The summed E-state index contributed by atoms with van der Waals surface area (Å²) in [5, 5.41) is 14.1. The van der Waals surface area contributed by atoms with Gasteiger partial charge < -0.3 is 10.4 Å². The Labute approximate surface area is 128 Å². The number of anilines is 1. The molecule has 0 aromatic heterocycles. The zero-order valence-corrected chi connectivity index (χ0v) is 12.3. The number of aliphatic hydroxyl groups is 1. The first-order chi connectivity index (χ1) is 10.0. The molecule has 4 nitrogen and oxygen atoms in total. The molecule has 2 N–H and O–H groups in total. The van der Waals surface area contributed by atoms with Crippen molar-refractivity contribution < 1.29 is 9.90 Å². The van der Waals surface area contributed by atoms with E-state index >= 15 is 0 Å². The number of carbonyl (C=O) groups is 1. The first-order valence-corrected chi connectivity index (χ1v) is 6.98. The largest absolute Gasteiger partial charge is 0.364 e. The van der Waals surface area contributed by atoms with E-state index in [-0.39, 0.29) is 0 Å². The van der Waals surface area contributed by atoms with Crippen LogP contribution in [0.5, 0.6) is 0 Å². The second kappa shape index (κ2) is 5.15. The molecule has 5 heteroatoms. The first-order valence-electron chi connectivity index (χ1n) is 6.61. The van der Waals surface area contributed by atoms with Gasteiger partial charge in [-0.05, 0) is 30.8 Å². The molecule has 1 aliphatic heterocycles. The number of halogens is 1. The van der Waals surface area contributed by atoms with Gasteiger partial charge in [0.25, 0.3) is 5.91 Å². The molecule has 0 bridgehead atoms. The molecule has 1 aliphatic rings. The number of amides is 1. The molecule has 0 aliphatic carbocycles. The van der Waals surface area contributed by atoms with Gasteiger partial charge in [0.05, 0.1) is 0 Å². The van der Waals surface area contributed by atoms with E-state index in [1.165, 1.54) is 0 Å². The fourth-order valence-corrected chi connectivity index (χ4v) is 2.77. The van der Waals surface area contributed by atoms with Crippen LogP contribution >= 0.6 is 11.6 Å². The number of nitrogens with one attached hydrogen (secondary N) is 1. The van der Waals surface area contributed by atoms with E-state index in [0.29, 0.717) is 22.8 Å². The zero-order valence-electron chi connectivity index (χ0n) is 11.5. The lowest BCUT2D eigenvalue weighted by molar-refractivity contribution is -0.156. The molecule has 1 atom stereocenters. The zero-order chi connectivity index (χ0) is 15.0. The Morgan fingerprint density at radius 3 is 2.67 bits per heavy atom. The molecule has 0 spiro atoms. The number of rotatable bonds is 3. The molecule has 1 heterocycles. The molecule has 21 heavy (non-hydrogen) atoms. The Morgan fingerprint density at radius 2 is 1.95 bits per heavy atom. The van der Waals surface area contributed by atoms with E-state index in [1.54, 1.807) is 30.1 Å². The number of carbonyl (C=O) groups excluding carboxylic acids is 1. The monoisotopic (exact) mass is 302 g/mol. The van der Waals surface area contributed by atoms with Crippen LogP contribution in [0.1, 0.15) is 11.1 Å². The highest BCUT2D eigenvalue weighted by Gasteiger charge is 2.48. The summed E-state index contributed by atoms with van der Waals surface area (Å²) in [6.07, 6.45) is 0. The quantitative estimate of drug-likeness (QED) is 0.857. The number of fused-ring (bicyclic) bond motifs is 1. The lowest BCUT2D eigenvalue weighted by atomic mass is 10.0. The maximum Gasteiger partial charge on any atom is 0.276 e. The third kappa shape index (κ3) is 2.31. The van der Waals surface area contributed by atoms with E-state index in [2.05, 4.69) is 5.32 Å². The summed E-state index contributed by atoms with van der Waals surface area (Å²) in [6.45, 7) is 0.441. The van der Waals surface area contributed by atoms with E-state index in [4.69, 9.17) is 11.6 Å². The summed E-state index contributed by atoms with van der Waals surface area (Å²) < 4.78 is 0. The standard InChI is InChI=1S/C16H15ClN2O2/c1-19(10-11-5-3-2-4-6-11)16(21)13-9-12(17)7-8-14(13)18-15(16)20/h2-9,21H,10H2,1H3,(H,18,20)/t16-/m1/s1. The highest BCUT2D eigenvalue weighted by atomic mass is 35.5. The van der Waals surface area contributed by atoms with Crippen molar-refractivity contribution in [3.63, 3.8) is 0 Å².